The van der Waals surface area contributed by atoms with Gasteiger partial charge in [-0.25, -0.2) is 0 Å². The van der Waals surface area contributed by atoms with Crippen molar-refractivity contribution in [2.24, 2.45) is 0 Å². The van der Waals surface area contributed by atoms with Crippen LogP contribution in [0.1, 0.15) is 37.8 Å². The zero-order chi connectivity index (χ0) is 21.4. The van der Waals surface area contributed by atoms with E-state index in [1.807, 2.05) is 67.6 Å². The number of rotatable bonds is 10. The number of allylic oxidation sites excluding steroid dienone is 1. The Morgan fingerprint density at radius 2 is 1.73 bits per heavy atom. The van der Waals surface area contributed by atoms with E-state index in [4.69, 9.17) is 21.1 Å². The van der Waals surface area contributed by atoms with Gasteiger partial charge in [0.25, 0.3) is 0 Å². The van der Waals surface area contributed by atoms with Crippen LogP contribution >= 0.6 is 11.6 Å². The summed E-state index contributed by atoms with van der Waals surface area (Å²) < 4.78 is 11.5. The minimum atomic E-state index is -0.146. The Kier molecular flexibility index (Phi) is 7.59. The number of ether oxygens (including phenoxy) is 2. The highest BCUT2D eigenvalue weighted by molar-refractivity contribution is 6.32. The van der Waals surface area contributed by atoms with Crippen LogP contribution in [0.3, 0.4) is 0 Å². The molecule has 0 spiro atoms. The van der Waals surface area contributed by atoms with Crippen molar-refractivity contribution in [1.82, 2.24) is 0 Å². The summed E-state index contributed by atoms with van der Waals surface area (Å²) in [6, 6.07) is 24.2. The second-order valence-electron chi connectivity index (χ2n) is 7.62. The SMILES string of the molecule is C=CC(C)(CCCc1cccc(Oc2ccccc2)c1)c1ccc(OCC)c(Cl)c1. The molecule has 3 aromatic carbocycles. The van der Waals surface area contributed by atoms with Gasteiger partial charge >= 0.3 is 0 Å². The molecule has 0 N–H and O–H groups in total. The fraction of sp³-hybridized carbons (Fsp3) is 0.259. The lowest BCUT2D eigenvalue weighted by Crippen LogP contribution is -2.19. The Labute approximate surface area is 185 Å². The molecular formula is C27H29ClO2. The number of benzene rings is 3. The summed E-state index contributed by atoms with van der Waals surface area (Å²) in [5.74, 6) is 2.44. The standard InChI is InChI=1S/C27H29ClO2/c1-4-27(3,22-16-17-26(29-5-2)25(28)20-22)18-10-12-21-11-9-15-24(19-21)30-23-13-7-6-8-14-23/h4,6-9,11,13-17,19-20H,1,5,10,12,18H2,2-3H3. The van der Waals surface area contributed by atoms with E-state index < -0.39 is 0 Å². The van der Waals surface area contributed by atoms with E-state index in [0.717, 1.165) is 42.1 Å². The van der Waals surface area contributed by atoms with Crippen LogP contribution in [0, 0.1) is 0 Å². The highest BCUT2D eigenvalue weighted by Crippen LogP contribution is 2.36. The van der Waals surface area contributed by atoms with E-state index in [1.54, 1.807) is 0 Å². The zero-order valence-corrected chi connectivity index (χ0v) is 18.5. The van der Waals surface area contributed by atoms with E-state index in [9.17, 15) is 0 Å². The topological polar surface area (TPSA) is 18.5 Å². The molecule has 0 amide bonds. The molecule has 0 bridgehead atoms. The second-order valence-corrected chi connectivity index (χ2v) is 8.02. The fourth-order valence-electron chi connectivity index (χ4n) is 3.54. The summed E-state index contributed by atoms with van der Waals surface area (Å²) in [5, 5.41) is 0.646. The van der Waals surface area contributed by atoms with E-state index in [2.05, 4.69) is 31.7 Å². The lowest BCUT2D eigenvalue weighted by Gasteiger charge is -2.27. The van der Waals surface area contributed by atoms with E-state index in [1.165, 1.54) is 5.56 Å². The fourth-order valence-corrected chi connectivity index (χ4v) is 3.78. The third-order valence-corrected chi connectivity index (χ3v) is 5.68. The summed E-state index contributed by atoms with van der Waals surface area (Å²) in [6.45, 7) is 8.86. The molecule has 0 aliphatic heterocycles. The van der Waals surface area contributed by atoms with Gasteiger partial charge < -0.3 is 9.47 Å². The van der Waals surface area contributed by atoms with E-state index in [0.29, 0.717) is 11.6 Å². The molecule has 3 aromatic rings. The molecule has 0 aliphatic carbocycles. The van der Waals surface area contributed by atoms with Crippen molar-refractivity contribution in [2.75, 3.05) is 6.61 Å². The predicted molar refractivity (Wildman–Crippen MR) is 126 cm³/mol. The highest BCUT2D eigenvalue weighted by atomic mass is 35.5. The molecule has 0 radical (unpaired) electrons. The van der Waals surface area contributed by atoms with Crippen LogP contribution in [0.15, 0.2) is 85.5 Å². The van der Waals surface area contributed by atoms with Gasteiger partial charge in [-0.15, -0.1) is 6.58 Å². The summed E-state index contributed by atoms with van der Waals surface area (Å²) in [5.41, 5.74) is 2.28. The lowest BCUT2D eigenvalue weighted by atomic mass is 9.78. The van der Waals surface area contributed by atoms with Crippen molar-refractivity contribution in [3.05, 3.63) is 102 Å². The Bertz CT molecular complexity index is 968. The Morgan fingerprint density at radius 1 is 0.967 bits per heavy atom. The number of aryl methyl sites for hydroxylation is 1. The quantitative estimate of drug-likeness (QED) is 0.309. The molecule has 1 atom stereocenters. The smallest absolute Gasteiger partial charge is 0.137 e. The molecule has 0 aromatic heterocycles. The molecule has 1 unspecified atom stereocenters. The average Bonchev–Trinajstić information content (AvgIpc) is 2.76. The maximum atomic E-state index is 6.41. The maximum absolute atomic E-state index is 6.41. The normalized spacial score (nSPS) is 12.8. The summed E-state index contributed by atoms with van der Waals surface area (Å²) in [6.07, 6.45) is 5.00. The first-order valence-corrected chi connectivity index (χ1v) is 10.8. The third kappa shape index (κ3) is 5.67. The predicted octanol–water partition coefficient (Wildman–Crippen LogP) is 8.00. The van der Waals surface area contributed by atoms with Crippen molar-refractivity contribution in [3.8, 4) is 17.2 Å². The third-order valence-electron chi connectivity index (χ3n) is 5.38. The molecule has 0 saturated carbocycles. The van der Waals surface area contributed by atoms with Crippen LogP contribution in [0.5, 0.6) is 17.2 Å². The van der Waals surface area contributed by atoms with E-state index >= 15 is 0 Å². The van der Waals surface area contributed by atoms with Crippen molar-refractivity contribution in [2.45, 2.75) is 38.5 Å². The molecule has 0 heterocycles. The Balaban J connectivity index is 1.63. The number of hydrogen-bond donors (Lipinski definition) is 0. The molecule has 30 heavy (non-hydrogen) atoms. The van der Waals surface area contributed by atoms with Gasteiger partial charge in [0.1, 0.15) is 17.2 Å². The van der Waals surface area contributed by atoms with Gasteiger partial charge in [0.05, 0.1) is 11.6 Å². The van der Waals surface area contributed by atoms with Gasteiger partial charge in [0.15, 0.2) is 0 Å². The van der Waals surface area contributed by atoms with Crippen LogP contribution in [0.4, 0.5) is 0 Å². The average molecular weight is 421 g/mol. The number of hydrogen-bond acceptors (Lipinski definition) is 2. The first-order chi connectivity index (χ1) is 14.5. The van der Waals surface area contributed by atoms with Gasteiger partial charge in [0, 0.05) is 5.41 Å². The zero-order valence-electron chi connectivity index (χ0n) is 17.7. The summed E-state index contributed by atoms with van der Waals surface area (Å²) in [7, 11) is 0. The Morgan fingerprint density at radius 3 is 2.43 bits per heavy atom. The second kappa shape index (κ2) is 10.4. The molecular weight excluding hydrogens is 392 g/mol. The first kappa shape index (κ1) is 22.0. The van der Waals surface area contributed by atoms with Gasteiger partial charge in [-0.05, 0) is 73.7 Å². The maximum Gasteiger partial charge on any atom is 0.137 e. The van der Waals surface area contributed by atoms with E-state index in [-0.39, 0.29) is 5.41 Å². The summed E-state index contributed by atoms with van der Waals surface area (Å²) in [4.78, 5) is 0. The molecule has 156 valence electrons. The molecule has 2 nitrogen and oxygen atoms in total. The van der Waals surface area contributed by atoms with Crippen molar-refractivity contribution in [1.29, 1.82) is 0 Å². The minimum absolute atomic E-state index is 0.146. The van der Waals surface area contributed by atoms with Gasteiger partial charge in [0.2, 0.25) is 0 Å². The lowest BCUT2D eigenvalue weighted by molar-refractivity contribution is 0.340. The van der Waals surface area contributed by atoms with Crippen LogP contribution in [-0.2, 0) is 11.8 Å². The highest BCUT2D eigenvalue weighted by Gasteiger charge is 2.23. The molecule has 0 aliphatic rings. The van der Waals surface area contributed by atoms with Crippen molar-refractivity contribution >= 4 is 11.6 Å². The molecule has 3 heteroatoms. The van der Waals surface area contributed by atoms with Crippen molar-refractivity contribution < 1.29 is 9.47 Å². The van der Waals surface area contributed by atoms with Crippen molar-refractivity contribution in [3.63, 3.8) is 0 Å². The Hall–Kier alpha value is -2.71. The monoisotopic (exact) mass is 420 g/mol. The van der Waals surface area contributed by atoms with Gasteiger partial charge in [-0.2, -0.15) is 0 Å². The van der Waals surface area contributed by atoms with Gasteiger partial charge in [-0.1, -0.05) is 61.0 Å². The summed E-state index contributed by atoms with van der Waals surface area (Å²) >= 11 is 6.41. The molecule has 3 rings (SSSR count). The van der Waals surface area contributed by atoms with Crippen LogP contribution in [0.25, 0.3) is 0 Å². The van der Waals surface area contributed by atoms with Gasteiger partial charge in [-0.3, -0.25) is 0 Å². The number of para-hydroxylation sites is 1. The molecule has 0 saturated heterocycles. The molecule has 0 fully saturated rings. The largest absolute Gasteiger partial charge is 0.492 e. The minimum Gasteiger partial charge on any atom is -0.492 e. The number of halogens is 1. The van der Waals surface area contributed by atoms with Crippen LogP contribution in [-0.4, -0.2) is 6.61 Å². The van der Waals surface area contributed by atoms with Crippen LogP contribution in [0.2, 0.25) is 5.02 Å². The first-order valence-electron chi connectivity index (χ1n) is 10.4. The van der Waals surface area contributed by atoms with Crippen LogP contribution < -0.4 is 9.47 Å².